The second kappa shape index (κ2) is 6.26. The molecule has 0 atom stereocenters. The van der Waals surface area contributed by atoms with Crippen molar-refractivity contribution in [3.8, 4) is 22.8 Å². The van der Waals surface area contributed by atoms with Crippen molar-refractivity contribution >= 4 is 10.9 Å². The molecule has 4 rings (SSSR count). The monoisotopic (exact) mass is 345 g/mol. The lowest BCUT2D eigenvalue weighted by atomic mass is 10.1. The summed E-state index contributed by atoms with van der Waals surface area (Å²) in [7, 11) is 1.90. The number of fused-ring (bicyclic) bond motifs is 1. The van der Waals surface area contributed by atoms with Crippen LogP contribution in [0.2, 0.25) is 0 Å². The van der Waals surface area contributed by atoms with Gasteiger partial charge in [-0.25, -0.2) is 0 Å². The number of aryl methyl sites for hydroxylation is 3. The van der Waals surface area contributed by atoms with Crippen LogP contribution in [-0.2, 0) is 13.5 Å². The first-order chi connectivity index (χ1) is 12.6. The van der Waals surface area contributed by atoms with Crippen molar-refractivity contribution in [3.05, 3.63) is 70.0 Å². The van der Waals surface area contributed by atoms with Crippen LogP contribution in [-0.4, -0.2) is 14.7 Å². The Morgan fingerprint density at radius 1 is 1.12 bits per heavy atom. The fraction of sp³-hybridized carbons (Fsp3) is 0.190. The van der Waals surface area contributed by atoms with E-state index in [1.165, 1.54) is 5.56 Å². The van der Waals surface area contributed by atoms with Gasteiger partial charge in [-0.2, -0.15) is 4.98 Å². The molecule has 0 N–H and O–H groups in total. The van der Waals surface area contributed by atoms with Gasteiger partial charge in [-0.1, -0.05) is 48.0 Å². The minimum Gasteiger partial charge on any atom is -0.350 e. The molecular weight excluding hydrogens is 326 g/mol. The highest BCUT2D eigenvalue weighted by Crippen LogP contribution is 2.23. The van der Waals surface area contributed by atoms with Crippen molar-refractivity contribution in [2.24, 2.45) is 7.05 Å². The van der Waals surface area contributed by atoms with Crippen LogP contribution in [0.25, 0.3) is 33.7 Å². The molecule has 26 heavy (non-hydrogen) atoms. The third-order valence-electron chi connectivity index (χ3n) is 4.62. The van der Waals surface area contributed by atoms with E-state index in [0.717, 1.165) is 23.1 Å². The van der Waals surface area contributed by atoms with Crippen molar-refractivity contribution in [1.29, 1.82) is 0 Å². The zero-order valence-electron chi connectivity index (χ0n) is 15.0. The minimum atomic E-state index is -0.0988. The maximum Gasteiger partial charge on any atom is 0.263 e. The molecule has 0 amide bonds. The Balaban J connectivity index is 1.82. The Morgan fingerprint density at radius 2 is 1.88 bits per heavy atom. The van der Waals surface area contributed by atoms with Gasteiger partial charge >= 0.3 is 0 Å². The topological polar surface area (TPSA) is 60.9 Å². The van der Waals surface area contributed by atoms with Crippen LogP contribution < -0.4 is 5.43 Å². The van der Waals surface area contributed by atoms with Crippen LogP contribution in [0, 0.1) is 6.92 Å². The van der Waals surface area contributed by atoms with Gasteiger partial charge in [-0.3, -0.25) is 4.79 Å². The number of benzene rings is 2. The molecule has 0 aliphatic heterocycles. The Kier molecular flexibility index (Phi) is 3.92. The van der Waals surface area contributed by atoms with Gasteiger partial charge in [0.25, 0.3) is 5.89 Å². The quantitative estimate of drug-likeness (QED) is 0.560. The molecule has 5 heteroatoms. The molecule has 0 saturated carbocycles. The molecule has 130 valence electrons. The van der Waals surface area contributed by atoms with E-state index < -0.39 is 0 Å². The van der Waals surface area contributed by atoms with E-state index in [4.69, 9.17) is 4.52 Å². The Bertz CT molecular complexity index is 1150. The van der Waals surface area contributed by atoms with Crippen molar-refractivity contribution < 1.29 is 4.52 Å². The summed E-state index contributed by atoms with van der Waals surface area (Å²) in [5.41, 5.74) is 4.34. The Labute approximate surface area is 150 Å². The van der Waals surface area contributed by atoms with Gasteiger partial charge in [0.2, 0.25) is 11.3 Å². The molecule has 0 unspecified atom stereocenters. The predicted molar refractivity (Wildman–Crippen MR) is 102 cm³/mol. The van der Waals surface area contributed by atoms with Gasteiger partial charge in [0.1, 0.15) is 5.56 Å². The molecule has 0 spiro atoms. The second-order valence-corrected chi connectivity index (χ2v) is 6.48. The Morgan fingerprint density at radius 3 is 2.62 bits per heavy atom. The van der Waals surface area contributed by atoms with Crippen molar-refractivity contribution in [3.63, 3.8) is 0 Å². The van der Waals surface area contributed by atoms with Crippen LogP contribution >= 0.6 is 0 Å². The molecule has 0 aliphatic carbocycles. The lowest BCUT2D eigenvalue weighted by molar-refractivity contribution is 0.432. The van der Waals surface area contributed by atoms with E-state index in [0.29, 0.717) is 16.8 Å². The zero-order chi connectivity index (χ0) is 18.3. The smallest absolute Gasteiger partial charge is 0.263 e. The summed E-state index contributed by atoms with van der Waals surface area (Å²) in [6.07, 6.45) is 2.72. The van der Waals surface area contributed by atoms with Gasteiger partial charge < -0.3 is 9.09 Å². The van der Waals surface area contributed by atoms with E-state index >= 15 is 0 Å². The summed E-state index contributed by atoms with van der Waals surface area (Å²) >= 11 is 0. The van der Waals surface area contributed by atoms with Gasteiger partial charge in [-0.15, -0.1) is 0 Å². The standard InChI is InChI=1S/C21H19N3O2/c1-4-14-6-8-15(9-7-14)20-22-21(26-23-20)17-12-24(3)18-10-5-13(2)11-16(18)19(17)25/h5-12H,4H2,1-3H3. The molecule has 5 nitrogen and oxygen atoms in total. The highest BCUT2D eigenvalue weighted by Gasteiger charge is 2.16. The molecule has 4 aromatic rings. The molecule has 0 fully saturated rings. The highest BCUT2D eigenvalue weighted by molar-refractivity contribution is 5.83. The van der Waals surface area contributed by atoms with Gasteiger partial charge in [0.05, 0.1) is 5.52 Å². The maximum absolute atomic E-state index is 12.9. The number of rotatable bonds is 3. The Hall–Kier alpha value is -3.21. The number of nitrogens with zero attached hydrogens (tertiary/aromatic N) is 3. The molecule has 2 heterocycles. The highest BCUT2D eigenvalue weighted by atomic mass is 16.5. The fourth-order valence-electron chi connectivity index (χ4n) is 3.10. The molecular formula is C21H19N3O2. The molecule has 0 saturated heterocycles. The van der Waals surface area contributed by atoms with Gasteiger partial charge in [-0.05, 0) is 31.0 Å². The summed E-state index contributed by atoms with van der Waals surface area (Å²) in [5.74, 6) is 0.720. The first-order valence-corrected chi connectivity index (χ1v) is 8.60. The first-order valence-electron chi connectivity index (χ1n) is 8.60. The molecule has 2 aromatic carbocycles. The third-order valence-corrected chi connectivity index (χ3v) is 4.62. The van der Waals surface area contributed by atoms with Crippen molar-refractivity contribution in [1.82, 2.24) is 14.7 Å². The minimum absolute atomic E-state index is 0.0988. The molecule has 2 aromatic heterocycles. The largest absolute Gasteiger partial charge is 0.350 e. The van der Waals surface area contributed by atoms with Crippen molar-refractivity contribution in [2.75, 3.05) is 0 Å². The first kappa shape index (κ1) is 16.3. The van der Waals surface area contributed by atoms with E-state index in [2.05, 4.69) is 17.1 Å². The average Bonchev–Trinajstić information content (AvgIpc) is 3.14. The average molecular weight is 345 g/mol. The summed E-state index contributed by atoms with van der Waals surface area (Å²) in [5, 5.41) is 4.70. The summed E-state index contributed by atoms with van der Waals surface area (Å²) in [6.45, 7) is 4.08. The van der Waals surface area contributed by atoms with E-state index in [1.807, 2.05) is 61.0 Å². The van der Waals surface area contributed by atoms with Crippen LogP contribution in [0.1, 0.15) is 18.1 Å². The SMILES string of the molecule is CCc1ccc(-c2noc(-c3cn(C)c4ccc(C)cc4c3=O)n2)cc1. The van der Waals surface area contributed by atoms with E-state index in [1.54, 1.807) is 6.20 Å². The molecule has 0 bridgehead atoms. The number of hydrogen-bond donors (Lipinski definition) is 0. The van der Waals surface area contributed by atoms with Gasteiger partial charge in [0.15, 0.2) is 0 Å². The number of hydrogen-bond acceptors (Lipinski definition) is 4. The van der Waals surface area contributed by atoms with Crippen molar-refractivity contribution in [2.45, 2.75) is 20.3 Å². The molecule has 0 radical (unpaired) electrons. The lowest BCUT2D eigenvalue weighted by Gasteiger charge is -2.07. The van der Waals surface area contributed by atoms with Crippen LogP contribution in [0.3, 0.4) is 0 Å². The summed E-state index contributed by atoms with van der Waals surface area (Å²) < 4.78 is 7.31. The fourth-order valence-corrected chi connectivity index (χ4v) is 3.10. The number of aromatic nitrogens is 3. The third kappa shape index (κ3) is 2.71. The van der Waals surface area contributed by atoms with E-state index in [9.17, 15) is 4.79 Å². The van der Waals surface area contributed by atoms with Gasteiger partial charge in [0, 0.05) is 24.2 Å². The van der Waals surface area contributed by atoms with E-state index in [-0.39, 0.29) is 11.3 Å². The van der Waals surface area contributed by atoms with Crippen LogP contribution in [0.4, 0.5) is 0 Å². The maximum atomic E-state index is 12.9. The predicted octanol–water partition coefficient (Wildman–Crippen LogP) is 4.13. The van der Waals surface area contributed by atoms with Crippen LogP contribution in [0.5, 0.6) is 0 Å². The normalized spacial score (nSPS) is 11.2. The molecule has 0 aliphatic rings. The summed E-state index contributed by atoms with van der Waals surface area (Å²) in [6, 6.07) is 13.9. The zero-order valence-corrected chi connectivity index (χ0v) is 15.0. The summed E-state index contributed by atoms with van der Waals surface area (Å²) in [4.78, 5) is 17.4. The van der Waals surface area contributed by atoms with Crippen LogP contribution in [0.15, 0.2) is 58.0 Å². The second-order valence-electron chi connectivity index (χ2n) is 6.48. The lowest BCUT2D eigenvalue weighted by Crippen LogP contribution is -2.10. The number of pyridine rings is 1.